The van der Waals surface area contributed by atoms with Gasteiger partial charge in [-0.2, -0.15) is 9.97 Å². The molecule has 4 heterocycles. The molecule has 4 aromatic heterocycles. The van der Waals surface area contributed by atoms with E-state index in [9.17, 15) is 4.79 Å². The molecule has 16 nitrogen and oxygen atoms in total. The van der Waals surface area contributed by atoms with Gasteiger partial charge in [-0.15, -0.1) is 0 Å². The number of anilines is 2. The standard InChI is InChI=1S/C22H24N5O3.C8H11N5O3/c1-29-21-19-20(24-22(23)25-21)27(15-30-12-11-28)14-26(19)13-16-7-9-18(10-8-16)17-5-3-2-4-6-17;9-8-11-6-5(7(15)12-8)10-3-13(6)4-16-2-1-14/h2-10,14,28H,11-13,15H2,1H3,(H2,23,24,25);3,14H,1-2,4H2,(H3,9,11,12,15)/q+1;. The summed E-state index contributed by atoms with van der Waals surface area (Å²) in [5.41, 5.74) is 16.3. The molecule has 0 aliphatic carbocycles. The summed E-state index contributed by atoms with van der Waals surface area (Å²) in [6.07, 6.45) is 3.33. The molecule has 0 aliphatic rings. The highest BCUT2D eigenvalue weighted by Crippen LogP contribution is 2.24. The smallest absolute Gasteiger partial charge is 0.313 e. The van der Waals surface area contributed by atoms with Gasteiger partial charge >= 0.3 is 11.6 Å². The van der Waals surface area contributed by atoms with Crippen LogP contribution in [0.2, 0.25) is 0 Å². The number of aliphatic hydroxyl groups is 2. The number of nitrogens with one attached hydrogen (secondary N) is 1. The number of imidazole rings is 2. The fourth-order valence-corrected chi connectivity index (χ4v) is 4.68. The van der Waals surface area contributed by atoms with Gasteiger partial charge in [-0.3, -0.25) is 18.9 Å². The SMILES string of the molecule is COc1nc(N)nc2c1n(Cc1ccc(-c3ccccc3)cc1)c[n+]2COCCO.Nc1nc2c(ncn2COCCO)c(=O)[nH]1. The first kappa shape index (κ1) is 32.0. The average Bonchev–Trinajstić information content (AvgIpc) is 3.63. The van der Waals surface area contributed by atoms with Crippen LogP contribution in [0.3, 0.4) is 0 Å². The summed E-state index contributed by atoms with van der Waals surface area (Å²) in [5, 5.41) is 17.5. The zero-order chi connectivity index (χ0) is 32.5. The maximum Gasteiger partial charge on any atom is 0.313 e. The van der Waals surface area contributed by atoms with Crippen LogP contribution in [0.1, 0.15) is 5.56 Å². The van der Waals surface area contributed by atoms with Crippen molar-refractivity contribution in [2.24, 2.45) is 0 Å². The topological polar surface area (TPSA) is 218 Å². The first-order valence-corrected chi connectivity index (χ1v) is 14.2. The Balaban J connectivity index is 0.000000219. The summed E-state index contributed by atoms with van der Waals surface area (Å²) in [6.45, 7) is 1.32. The van der Waals surface area contributed by atoms with E-state index < -0.39 is 0 Å². The minimum absolute atomic E-state index is 0.0291. The fourth-order valence-electron chi connectivity index (χ4n) is 4.68. The molecule has 2 aromatic carbocycles. The molecule has 0 radical (unpaired) electrons. The van der Waals surface area contributed by atoms with Gasteiger partial charge in [0.05, 0.1) is 46.4 Å². The monoisotopic (exact) mass is 631 g/mol. The molecule has 0 aliphatic heterocycles. The van der Waals surface area contributed by atoms with Crippen LogP contribution < -0.4 is 26.3 Å². The molecule has 7 N–H and O–H groups in total. The first-order valence-electron chi connectivity index (χ1n) is 14.2. The molecule has 6 rings (SSSR count). The van der Waals surface area contributed by atoms with E-state index in [1.165, 1.54) is 16.5 Å². The molecule has 46 heavy (non-hydrogen) atoms. The Morgan fingerprint density at radius 2 is 1.63 bits per heavy atom. The summed E-state index contributed by atoms with van der Waals surface area (Å²) < 4.78 is 21.4. The molecule has 0 bridgehead atoms. The maximum atomic E-state index is 11.4. The van der Waals surface area contributed by atoms with Gasteiger partial charge in [0, 0.05) is 0 Å². The molecule has 0 saturated carbocycles. The van der Waals surface area contributed by atoms with Crippen LogP contribution in [-0.2, 0) is 29.5 Å². The number of nitrogens with two attached hydrogens (primary N) is 2. The number of aromatic nitrogens is 8. The van der Waals surface area contributed by atoms with E-state index in [1.807, 2.05) is 33.7 Å². The predicted octanol–water partition coefficient (Wildman–Crippen LogP) is 0.660. The normalized spacial score (nSPS) is 11.1. The number of hydrogen-bond donors (Lipinski definition) is 5. The Morgan fingerprint density at radius 3 is 2.35 bits per heavy atom. The van der Waals surface area contributed by atoms with E-state index in [0.29, 0.717) is 23.7 Å². The van der Waals surface area contributed by atoms with Crippen LogP contribution in [0.5, 0.6) is 5.88 Å². The summed E-state index contributed by atoms with van der Waals surface area (Å²) in [5.74, 6) is 0.556. The number of aromatic amines is 1. The fraction of sp³-hybridized carbons (Fsp3) is 0.267. The second-order valence-electron chi connectivity index (χ2n) is 9.90. The Morgan fingerprint density at radius 1 is 0.913 bits per heavy atom. The van der Waals surface area contributed by atoms with Crippen LogP contribution in [0, 0.1) is 0 Å². The molecular weight excluding hydrogens is 596 g/mol. The molecule has 0 fully saturated rings. The molecule has 16 heteroatoms. The zero-order valence-electron chi connectivity index (χ0n) is 25.1. The molecular formula is C30H35N10O6+. The van der Waals surface area contributed by atoms with Crippen molar-refractivity contribution in [1.82, 2.24) is 34.1 Å². The quantitative estimate of drug-likeness (QED) is 0.0929. The summed E-state index contributed by atoms with van der Waals surface area (Å²) in [4.78, 5) is 30.2. The van der Waals surface area contributed by atoms with Gasteiger partial charge in [0.15, 0.2) is 24.2 Å². The van der Waals surface area contributed by atoms with Crippen molar-refractivity contribution in [3.05, 3.63) is 83.2 Å². The van der Waals surface area contributed by atoms with Gasteiger partial charge < -0.3 is 35.9 Å². The van der Waals surface area contributed by atoms with Crippen molar-refractivity contribution in [2.45, 2.75) is 20.0 Å². The van der Waals surface area contributed by atoms with Crippen LogP contribution in [0.15, 0.2) is 72.0 Å². The number of aliphatic hydroxyl groups excluding tert-OH is 2. The molecule has 0 saturated heterocycles. The number of nitrogen functional groups attached to an aromatic ring is 2. The third-order valence-electron chi connectivity index (χ3n) is 6.72. The second kappa shape index (κ2) is 15.0. The van der Waals surface area contributed by atoms with Crippen molar-refractivity contribution in [3.63, 3.8) is 0 Å². The van der Waals surface area contributed by atoms with Crippen LogP contribution in [0.25, 0.3) is 33.5 Å². The third-order valence-corrected chi connectivity index (χ3v) is 6.72. The van der Waals surface area contributed by atoms with Gasteiger partial charge in [0.1, 0.15) is 6.73 Å². The number of H-pyrrole nitrogens is 1. The minimum atomic E-state index is -0.386. The lowest BCUT2D eigenvalue weighted by atomic mass is 10.0. The van der Waals surface area contributed by atoms with E-state index in [2.05, 4.69) is 61.3 Å². The number of nitrogens with zero attached hydrogens (tertiary/aromatic N) is 7. The first-order chi connectivity index (χ1) is 22.4. The lowest BCUT2D eigenvalue weighted by molar-refractivity contribution is -0.711. The van der Waals surface area contributed by atoms with Gasteiger partial charge in [-0.1, -0.05) is 59.6 Å². The molecule has 0 spiro atoms. The van der Waals surface area contributed by atoms with Crippen molar-refractivity contribution in [1.29, 1.82) is 0 Å². The van der Waals surface area contributed by atoms with Crippen molar-refractivity contribution in [3.8, 4) is 17.0 Å². The van der Waals surface area contributed by atoms with Crippen molar-refractivity contribution in [2.75, 3.05) is 45.0 Å². The number of methoxy groups -OCH3 is 1. The van der Waals surface area contributed by atoms with Gasteiger partial charge in [-0.05, 0) is 16.7 Å². The largest absolute Gasteiger partial charge is 0.478 e. The zero-order valence-corrected chi connectivity index (χ0v) is 25.1. The highest BCUT2D eigenvalue weighted by molar-refractivity contribution is 5.75. The summed E-state index contributed by atoms with van der Waals surface area (Å²) >= 11 is 0. The van der Waals surface area contributed by atoms with Crippen LogP contribution >= 0.6 is 0 Å². The van der Waals surface area contributed by atoms with Gasteiger partial charge in [0.2, 0.25) is 11.5 Å². The molecule has 0 unspecified atom stereocenters. The number of ether oxygens (including phenoxy) is 3. The average molecular weight is 632 g/mol. The number of fused-ring (bicyclic) bond motifs is 2. The lowest BCUT2D eigenvalue weighted by Crippen LogP contribution is -2.35. The number of benzene rings is 2. The van der Waals surface area contributed by atoms with Gasteiger partial charge in [-0.25, -0.2) is 9.55 Å². The molecule has 0 atom stereocenters. The highest BCUT2D eigenvalue weighted by Gasteiger charge is 2.24. The van der Waals surface area contributed by atoms with E-state index in [4.69, 9.17) is 35.9 Å². The Kier molecular flexibility index (Phi) is 10.5. The number of rotatable bonds is 12. The minimum Gasteiger partial charge on any atom is -0.478 e. The Hall–Kier alpha value is -5.42. The second-order valence-corrected chi connectivity index (χ2v) is 9.90. The third kappa shape index (κ3) is 7.44. The number of hydrogen-bond acceptors (Lipinski definition) is 12. The predicted molar refractivity (Wildman–Crippen MR) is 168 cm³/mol. The van der Waals surface area contributed by atoms with E-state index >= 15 is 0 Å². The van der Waals surface area contributed by atoms with E-state index in [0.717, 1.165) is 16.6 Å². The Labute approximate surface area is 262 Å². The highest BCUT2D eigenvalue weighted by atomic mass is 16.5. The molecule has 240 valence electrons. The molecule has 6 aromatic rings. The Bertz CT molecular complexity index is 1940. The van der Waals surface area contributed by atoms with E-state index in [-0.39, 0.29) is 62.9 Å². The lowest BCUT2D eigenvalue weighted by Gasteiger charge is -2.05. The molecule has 0 amide bonds. The van der Waals surface area contributed by atoms with Crippen molar-refractivity contribution >= 4 is 34.2 Å². The van der Waals surface area contributed by atoms with E-state index in [1.54, 1.807) is 7.11 Å². The van der Waals surface area contributed by atoms with Gasteiger partial charge in [0.25, 0.3) is 11.4 Å². The van der Waals surface area contributed by atoms with Crippen LogP contribution in [-0.4, -0.2) is 77.8 Å². The van der Waals surface area contributed by atoms with Crippen molar-refractivity contribution < 1.29 is 29.0 Å². The summed E-state index contributed by atoms with van der Waals surface area (Å²) in [6, 6.07) is 18.7. The maximum absolute atomic E-state index is 11.4. The summed E-state index contributed by atoms with van der Waals surface area (Å²) in [7, 11) is 1.56. The van der Waals surface area contributed by atoms with Crippen LogP contribution in [0.4, 0.5) is 11.9 Å².